The molecular weight excluding hydrogens is 164 g/mol. The molecule has 0 saturated heterocycles. The summed E-state index contributed by atoms with van der Waals surface area (Å²) in [4.78, 5) is 4.14. The van der Waals surface area contributed by atoms with Crippen LogP contribution in [0.3, 0.4) is 0 Å². The summed E-state index contributed by atoms with van der Waals surface area (Å²) in [5.74, 6) is 0. The number of para-hydroxylation sites is 2. The van der Waals surface area contributed by atoms with Crippen molar-refractivity contribution in [1.82, 2.24) is 9.55 Å². The molecule has 0 aliphatic rings. The van der Waals surface area contributed by atoms with Crippen molar-refractivity contribution in [2.75, 3.05) is 0 Å². The van der Waals surface area contributed by atoms with E-state index in [0.29, 0.717) is 0 Å². The third kappa shape index (κ3) is 1.23. The van der Waals surface area contributed by atoms with Crippen molar-refractivity contribution in [3.05, 3.63) is 43.2 Å². The summed E-state index contributed by atoms with van der Waals surface area (Å²) < 4.78 is 1.67. The number of imidazole rings is 1. The van der Waals surface area contributed by atoms with Crippen molar-refractivity contribution in [3.8, 4) is 0 Å². The average Bonchev–Trinajstić information content (AvgIpc) is 2.60. The molecule has 0 bridgehead atoms. The zero-order valence-electron chi connectivity index (χ0n) is 7.09. The molecule has 0 aliphatic carbocycles. The number of aromatic nitrogens is 2. The Hall–Kier alpha value is -1.61. The molecule has 1 N–H and O–H groups in total. The van der Waals surface area contributed by atoms with Gasteiger partial charge in [-0.25, -0.2) is 4.98 Å². The molecule has 3 nitrogen and oxygen atoms in total. The van der Waals surface area contributed by atoms with Crippen molar-refractivity contribution in [2.24, 2.45) is 0 Å². The lowest BCUT2D eigenvalue weighted by Crippen LogP contribution is -2.02. The van der Waals surface area contributed by atoms with Gasteiger partial charge in [0.15, 0.2) is 6.23 Å². The zero-order valence-corrected chi connectivity index (χ0v) is 7.09. The maximum Gasteiger partial charge on any atom is 0.151 e. The number of rotatable bonds is 2. The quantitative estimate of drug-likeness (QED) is 0.704. The highest BCUT2D eigenvalue weighted by Crippen LogP contribution is 2.15. The van der Waals surface area contributed by atoms with Crippen LogP contribution in [0.4, 0.5) is 0 Å². The second kappa shape index (κ2) is 3.03. The number of fused-ring (bicyclic) bond motifs is 1. The number of benzene rings is 1. The second-order valence-electron chi connectivity index (χ2n) is 2.79. The van der Waals surface area contributed by atoms with Gasteiger partial charge in [0.05, 0.1) is 17.4 Å². The highest BCUT2D eigenvalue weighted by Gasteiger charge is 2.05. The molecule has 0 amide bonds. The van der Waals surface area contributed by atoms with Crippen LogP contribution in [0.5, 0.6) is 0 Å². The highest BCUT2D eigenvalue weighted by atomic mass is 16.3. The van der Waals surface area contributed by atoms with Gasteiger partial charge in [-0.2, -0.15) is 0 Å². The summed E-state index contributed by atoms with van der Waals surface area (Å²) in [5, 5.41) is 9.52. The average molecular weight is 174 g/mol. The molecule has 1 aromatic carbocycles. The summed E-state index contributed by atoms with van der Waals surface area (Å²) in [6, 6.07) is 7.65. The van der Waals surface area contributed by atoms with Gasteiger partial charge in [-0.05, 0) is 18.2 Å². The van der Waals surface area contributed by atoms with Crippen molar-refractivity contribution >= 4 is 11.0 Å². The topological polar surface area (TPSA) is 38.0 Å². The van der Waals surface area contributed by atoms with Crippen LogP contribution in [0.2, 0.25) is 0 Å². The minimum atomic E-state index is -0.701. The van der Waals surface area contributed by atoms with Gasteiger partial charge >= 0.3 is 0 Å². The molecule has 2 aromatic rings. The predicted molar refractivity (Wildman–Crippen MR) is 51.2 cm³/mol. The molecule has 0 spiro atoms. The lowest BCUT2D eigenvalue weighted by molar-refractivity contribution is 0.159. The monoisotopic (exact) mass is 174 g/mol. The lowest BCUT2D eigenvalue weighted by Gasteiger charge is -2.06. The molecule has 0 radical (unpaired) electrons. The largest absolute Gasteiger partial charge is 0.370 e. The van der Waals surface area contributed by atoms with Crippen LogP contribution in [0.25, 0.3) is 11.0 Å². The Balaban J connectivity index is 2.64. The Bertz CT molecular complexity index is 433. The lowest BCUT2D eigenvalue weighted by atomic mass is 10.3. The Morgan fingerprint density at radius 1 is 1.46 bits per heavy atom. The van der Waals surface area contributed by atoms with E-state index in [2.05, 4.69) is 11.6 Å². The van der Waals surface area contributed by atoms with E-state index in [9.17, 15) is 5.11 Å². The minimum absolute atomic E-state index is 0.701. The van der Waals surface area contributed by atoms with Crippen LogP contribution >= 0.6 is 0 Å². The Kier molecular flexibility index (Phi) is 1.87. The second-order valence-corrected chi connectivity index (χ2v) is 2.79. The first kappa shape index (κ1) is 8.01. The van der Waals surface area contributed by atoms with Gasteiger partial charge < -0.3 is 9.67 Å². The fourth-order valence-corrected chi connectivity index (χ4v) is 1.30. The number of hydrogen-bond acceptors (Lipinski definition) is 2. The zero-order chi connectivity index (χ0) is 9.26. The van der Waals surface area contributed by atoms with Gasteiger partial charge in [-0.15, -0.1) is 0 Å². The molecule has 1 atom stereocenters. The number of nitrogens with zero attached hydrogens (tertiary/aromatic N) is 2. The van der Waals surface area contributed by atoms with E-state index in [1.54, 1.807) is 10.9 Å². The number of hydrogen-bond donors (Lipinski definition) is 1. The Labute approximate surface area is 76.0 Å². The van der Waals surface area contributed by atoms with Crippen molar-refractivity contribution < 1.29 is 5.11 Å². The van der Waals surface area contributed by atoms with Crippen molar-refractivity contribution in [3.63, 3.8) is 0 Å². The Morgan fingerprint density at radius 3 is 3.00 bits per heavy atom. The minimum Gasteiger partial charge on any atom is -0.370 e. The fourth-order valence-electron chi connectivity index (χ4n) is 1.30. The van der Waals surface area contributed by atoms with Crippen LogP contribution < -0.4 is 0 Å². The fraction of sp³-hybridized carbons (Fsp3) is 0.100. The van der Waals surface area contributed by atoms with E-state index in [1.165, 1.54) is 6.08 Å². The Morgan fingerprint density at radius 2 is 2.23 bits per heavy atom. The van der Waals surface area contributed by atoms with Gasteiger partial charge in [0.1, 0.15) is 0 Å². The van der Waals surface area contributed by atoms with Crippen LogP contribution in [0.1, 0.15) is 6.23 Å². The summed E-state index contributed by atoms with van der Waals surface area (Å²) in [7, 11) is 0. The number of aliphatic hydroxyl groups excluding tert-OH is 1. The molecule has 13 heavy (non-hydrogen) atoms. The van der Waals surface area contributed by atoms with Gasteiger partial charge in [0.25, 0.3) is 0 Å². The predicted octanol–water partition coefficient (Wildman–Crippen LogP) is 1.71. The standard InChI is InChI=1S/C10H10N2O/c1-2-10(13)12-7-11-8-5-3-4-6-9(8)12/h2-7,10,13H,1H2. The van der Waals surface area contributed by atoms with Gasteiger partial charge in [-0.1, -0.05) is 18.7 Å². The van der Waals surface area contributed by atoms with Crippen molar-refractivity contribution in [2.45, 2.75) is 6.23 Å². The molecule has 1 aromatic heterocycles. The summed E-state index contributed by atoms with van der Waals surface area (Å²) in [6.07, 6.45) is 2.37. The van der Waals surface area contributed by atoms with E-state index in [-0.39, 0.29) is 0 Å². The van der Waals surface area contributed by atoms with Gasteiger partial charge in [-0.3, -0.25) is 0 Å². The molecule has 2 rings (SSSR count). The third-order valence-corrected chi connectivity index (χ3v) is 1.98. The molecular formula is C10H10N2O. The molecule has 0 aliphatic heterocycles. The van der Waals surface area contributed by atoms with E-state index >= 15 is 0 Å². The summed E-state index contributed by atoms with van der Waals surface area (Å²) in [6.45, 7) is 3.52. The van der Waals surface area contributed by atoms with Crippen LogP contribution in [0, 0.1) is 0 Å². The first-order valence-corrected chi connectivity index (χ1v) is 4.05. The van der Waals surface area contributed by atoms with E-state index < -0.39 is 6.23 Å². The molecule has 1 unspecified atom stereocenters. The first-order valence-electron chi connectivity index (χ1n) is 4.05. The SMILES string of the molecule is C=CC(O)n1cnc2ccccc21. The van der Waals surface area contributed by atoms with Crippen molar-refractivity contribution in [1.29, 1.82) is 0 Å². The normalized spacial score (nSPS) is 13.0. The summed E-state index contributed by atoms with van der Waals surface area (Å²) in [5.41, 5.74) is 1.79. The van der Waals surface area contributed by atoms with E-state index in [1.807, 2.05) is 24.3 Å². The molecule has 3 heteroatoms. The van der Waals surface area contributed by atoms with E-state index in [4.69, 9.17) is 0 Å². The smallest absolute Gasteiger partial charge is 0.151 e. The van der Waals surface area contributed by atoms with E-state index in [0.717, 1.165) is 11.0 Å². The van der Waals surface area contributed by atoms with Crippen LogP contribution in [-0.2, 0) is 0 Å². The third-order valence-electron chi connectivity index (χ3n) is 1.98. The maximum absolute atomic E-state index is 9.52. The summed E-state index contributed by atoms with van der Waals surface area (Å²) >= 11 is 0. The van der Waals surface area contributed by atoms with Gasteiger partial charge in [0, 0.05) is 0 Å². The number of aliphatic hydroxyl groups is 1. The van der Waals surface area contributed by atoms with Crippen LogP contribution in [0.15, 0.2) is 43.2 Å². The maximum atomic E-state index is 9.52. The molecule has 1 heterocycles. The van der Waals surface area contributed by atoms with Gasteiger partial charge in [0.2, 0.25) is 0 Å². The molecule has 0 fully saturated rings. The highest BCUT2D eigenvalue weighted by molar-refractivity contribution is 5.75. The van der Waals surface area contributed by atoms with Crippen LogP contribution in [-0.4, -0.2) is 14.7 Å². The first-order chi connectivity index (χ1) is 6.33. The molecule has 66 valence electrons. The molecule has 0 saturated carbocycles.